The van der Waals surface area contributed by atoms with Gasteiger partial charge >= 0.3 is 48.9 Å². The van der Waals surface area contributed by atoms with Gasteiger partial charge in [0.15, 0.2) is 17.4 Å². The van der Waals surface area contributed by atoms with E-state index in [1.54, 1.807) is 0 Å². The Morgan fingerprint density at radius 1 is 1.00 bits per heavy atom. The summed E-state index contributed by atoms with van der Waals surface area (Å²) >= 11 is 0. The Hall–Kier alpha value is 3.14. The monoisotopic (exact) mass is 288 g/mol. The molecule has 0 fully saturated rings. The third-order valence-electron chi connectivity index (χ3n) is 0. The fourth-order valence-electron chi connectivity index (χ4n) is 0. The molecular weight excluding hydrogens is 283 g/mol. The summed E-state index contributed by atoms with van der Waals surface area (Å²) in [7, 11) is 0. The Morgan fingerprint density at radius 2 is 1.00 bits per heavy atom. The number of hydrogen-bond acceptors (Lipinski definition) is 0. The minimum absolute atomic E-state index is 0. The molecule has 0 unspecified atom stereocenters. The molecule has 0 aromatic rings. The molecule has 0 atom stereocenters. The van der Waals surface area contributed by atoms with Crippen molar-refractivity contribution in [1.29, 1.82) is 0 Å². The first-order valence-electron chi connectivity index (χ1n) is 0. The zero-order valence-electron chi connectivity index (χ0n) is 0.679. The maximum Gasteiger partial charge on any atom is 0 e. The van der Waals surface area contributed by atoms with Crippen LogP contribution >= 0.6 is 0 Å². The fourth-order valence-corrected chi connectivity index (χ4v) is 0. The topological polar surface area (TPSA) is 0 Å². The molecule has 28 valence electrons. The predicted octanol–water partition coefficient (Wildman–Crippen LogP) is -2.11. The van der Waals surface area contributed by atoms with Crippen LogP contribution in [0.5, 0.6) is 0 Å². The number of rotatable bonds is 0. The van der Waals surface area contributed by atoms with E-state index in [-0.39, 0.29) is 100 Å². The van der Waals surface area contributed by atoms with Gasteiger partial charge in [-0.25, -0.2) is 0 Å². The van der Waals surface area contributed by atoms with Crippen LogP contribution in [0.2, 0.25) is 0 Å². The molecule has 0 rings (SSSR count). The molecule has 0 aliphatic rings. The molecule has 0 aromatic carbocycles. The van der Waals surface area contributed by atoms with E-state index >= 15 is 0 Å². The first-order chi connectivity index (χ1) is 0. The normalized spacial score (nSPS) is 0. The van der Waals surface area contributed by atoms with Gasteiger partial charge in [0, 0.05) is 34.1 Å². The first kappa shape index (κ1) is 27.3. The van der Waals surface area contributed by atoms with Gasteiger partial charge in [0.25, 0.3) is 0 Å². The first-order valence-corrected chi connectivity index (χ1v) is 0. The molecule has 4 heteroatoms. The predicted molar refractivity (Wildman–Crippen MR) is 18.5 cm³/mol. The van der Waals surface area contributed by atoms with E-state index in [2.05, 4.69) is 0 Å². The van der Waals surface area contributed by atoms with Crippen molar-refractivity contribution in [3.05, 3.63) is 0 Å². The fraction of sp³-hybridized carbons (Fsp3) is 0. The second kappa shape index (κ2) is 16.4. The van der Waals surface area contributed by atoms with Crippen molar-refractivity contribution in [2.24, 2.45) is 0 Å². The van der Waals surface area contributed by atoms with Crippen LogP contribution in [0.25, 0.3) is 0 Å². The average molecular weight is 288 g/mol. The van der Waals surface area contributed by atoms with Gasteiger partial charge in [-0.15, -0.1) is 0 Å². The summed E-state index contributed by atoms with van der Waals surface area (Å²) in [5.41, 5.74) is 0. The Labute approximate surface area is 98.0 Å². The van der Waals surface area contributed by atoms with Crippen LogP contribution in [0, 0.1) is 0 Å². The molecule has 4 heavy (non-hydrogen) atoms. The summed E-state index contributed by atoms with van der Waals surface area (Å²) in [6, 6.07) is 0. The average Bonchev–Trinajstić information content (AvgIpc) is 0. The van der Waals surface area contributed by atoms with Crippen LogP contribution in [0.15, 0.2) is 0 Å². The maximum atomic E-state index is 0. The van der Waals surface area contributed by atoms with Crippen LogP contribution in [0.1, 0.15) is 0 Å². The van der Waals surface area contributed by atoms with Gasteiger partial charge in [-0.2, -0.15) is 0 Å². The van der Waals surface area contributed by atoms with Crippen LogP contribution in [-0.2, 0) is 34.1 Å². The van der Waals surface area contributed by atoms with E-state index in [9.17, 15) is 0 Å². The van der Waals surface area contributed by atoms with Crippen molar-refractivity contribution in [1.82, 2.24) is 0 Å². The van der Waals surface area contributed by atoms with Gasteiger partial charge in [0.2, 0.25) is 0 Å². The minimum atomic E-state index is 0. The largest absolute Gasteiger partial charge is 0 e. The Bertz CT molecular complexity index is 8.00. The SMILES string of the molecule is [AlH3].[BaH2].[Cu].[Mn]. The molecule has 2 radical (unpaired) electrons. The number of hydrogen-bond donors (Lipinski definition) is 0. The summed E-state index contributed by atoms with van der Waals surface area (Å²) in [5.74, 6) is 0. The van der Waals surface area contributed by atoms with Gasteiger partial charge in [0.05, 0.1) is 0 Å². The molecule has 0 aromatic heterocycles. The third kappa shape index (κ3) is 8.94. The maximum absolute atomic E-state index is 0. The van der Waals surface area contributed by atoms with Crippen molar-refractivity contribution in [3.8, 4) is 0 Å². The van der Waals surface area contributed by atoms with Gasteiger partial charge in [-0.1, -0.05) is 0 Å². The molecule has 0 nitrogen and oxygen atoms in total. The van der Waals surface area contributed by atoms with Gasteiger partial charge in [0.1, 0.15) is 0 Å². The minimum Gasteiger partial charge on any atom is 0 e. The van der Waals surface area contributed by atoms with E-state index in [0.717, 1.165) is 0 Å². The van der Waals surface area contributed by atoms with Crippen LogP contribution in [0.4, 0.5) is 0 Å². The van der Waals surface area contributed by atoms with Crippen molar-refractivity contribution < 1.29 is 34.1 Å². The van der Waals surface area contributed by atoms with Crippen molar-refractivity contribution in [3.63, 3.8) is 0 Å². The summed E-state index contributed by atoms with van der Waals surface area (Å²) < 4.78 is 0. The summed E-state index contributed by atoms with van der Waals surface area (Å²) in [5, 5.41) is 0. The van der Waals surface area contributed by atoms with E-state index in [1.165, 1.54) is 0 Å². The van der Waals surface area contributed by atoms with Crippen molar-refractivity contribution in [2.75, 3.05) is 0 Å². The van der Waals surface area contributed by atoms with Crippen LogP contribution < -0.4 is 0 Å². The molecule has 0 aliphatic carbocycles. The smallest absolute Gasteiger partial charge is 0 e. The van der Waals surface area contributed by atoms with Gasteiger partial charge < -0.3 is 0 Å². The molecule has 0 bridgehead atoms. The van der Waals surface area contributed by atoms with E-state index in [4.69, 9.17) is 0 Å². The zero-order valence-corrected chi connectivity index (χ0v) is 2.80. The van der Waals surface area contributed by atoms with E-state index < -0.39 is 0 Å². The summed E-state index contributed by atoms with van der Waals surface area (Å²) in [6.07, 6.45) is 0. The van der Waals surface area contributed by atoms with Crippen molar-refractivity contribution in [2.45, 2.75) is 0 Å². The third-order valence-corrected chi connectivity index (χ3v) is 0. The second-order valence-corrected chi connectivity index (χ2v) is 0. The molecule has 0 saturated carbocycles. The van der Waals surface area contributed by atoms with Gasteiger partial charge in [-0.3, -0.25) is 0 Å². The van der Waals surface area contributed by atoms with E-state index in [0.29, 0.717) is 0 Å². The quantitative estimate of drug-likeness (QED) is 0.448. The molecule has 0 N–H and O–H groups in total. The molecule has 0 saturated heterocycles. The second-order valence-electron chi connectivity index (χ2n) is 0. The molecular formula is H5AlBaCuMn. The summed E-state index contributed by atoms with van der Waals surface area (Å²) in [4.78, 5) is 0. The van der Waals surface area contributed by atoms with Crippen molar-refractivity contribution >= 4 is 66.2 Å². The molecule has 0 amide bonds. The molecule has 0 spiro atoms. The van der Waals surface area contributed by atoms with Crippen LogP contribution in [-0.4, -0.2) is 66.2 Å². The zero-order chi connectivity index (χ0) is 0. The Kier molecular flexibility index (Phi) is 112. The standard InChI is InChI=1S/Al.Ba.Cu.Mn.5H. The Morgan fingerprint density at radius 3 is 1.00 bits per heavy atom. The van der Waals surface area contributed by atoms with Gasteiger partial charge in [-0.05, 0) is 0 Å². The Balaban J connectivity index is 0. The van der Waals surface area contributed by atoms with E-state index in [1.807, 2.05) is 0 Å². The molecule has 0 aliphatic heterocycles. The van der Waals surface area contributed by atoms with Crippen LogP contribution in [0.3, 0.4) is 0 Å². The summed E-state index contributed by atoms with van der Waals surface area (Å²) in [6.45, 7) is 0. The molecule has 0 heterocycles.